The Balaban J connectivity index is 0.000000653. The van der Waals surface area contributed by atoms with Crippen LogP contribution in [-0.4, -0.2) is 51.2 Å². The average molecular weight is 704 g/mol. The zero-order valence-electron chi connectivity index (χ0n) is 22.7. The van der Waals surface area contributed by atoms with E-state index in [1.54, 1.807) is 18.2 Å². The number of allylic oxidation sites excluding steroid dienone is 6. The van der Waals surface area contributed by atoms with Crippen LogP contribution in [0, 0.1) is 0 Å². The molecule has 3 aromatic rings. The summed E-state index contributed by atoms with van der Waals surface area (Å²) in [7, 11) is 0. The van der Waals surface area contributed by atoms with Gasteiger partial charge in [-0.25, -0.2) is 0 Å². The molecular formula is C30H21F9FeO6. The van der Waals surface area contributed by atoms with E-state index in [0.29, 0.717) is 0 Å². The second-order valence-electron chi connectivity index (χ2n) is 8.27. The maximum absolute atomic E-state index is 11.9. The summed E-state index contributed by atoms with van der Waals surface area (Å²) < 4.78 is 107. The zero-order chi connectivity index (χ0) is 34.4. The number of alkyl halides is 9. The molecule has 0 radical (unpaired) electrons. The fourth-order valence-electron chi connectivity index (χ4n) is 2.68. The molecule has 0 atom stereocenters. The minimum atomic E-state index is -4.88. The van der Waals surface area contributed by atoms with E-state index in [4.69, 9.17) is 15.3 Å². The summed E-state index contributed by atoms with van der Waals surface area (Å²) in [5.41, 5.74) is 0.273. The topological polar surface area (TPSA) is 112 Å². The Morgan fingerprint density at radius 1 is 0.413 bits per heavy atom. The number of halogens is 9. The Hall–Kier alpha value is -4.82. The number of hydrogen-bond acceptors (Lipinski definition) is 6. The molecule has 3 N–H and O–H groups in total. The van der Waals surface area contributed by atoms with E-state index in [0.717, 1.165) is 0 Å². The number of hydrogen-bond donors (Lipinski definition) is 3. The quantitative estimate of drug-likeness (QED) is 0.0780. The first kappa shape index (κ1) is 41.2. The fourth-order valence-corrected chi connectivity index (χ4v) is 2.68. The van der Waals surface area contributed by atoms with Crippen molar-refractivity contribution in [1.29, 1.82) is 0 Å². The molecule has 0 aliphatic heterocycles. The minimum Gasteiger partial charge on any atom is -0.504 e. The maximum atomic E-state index is 11.9. The molecule has 0 spiro atoms. The summed E-state index contributed by atoms with van der Waals surface area (Å²) in [6.07, 6.45) is -14.2. The van der Waals surface area contributed by atoms with Gasteiger partial charge in [0.15, 0.2) is 17.3 Å². The van der Waals surface area contributed by atoms with Crippen LogP contribution in [0.1, 0.15) is 31.1 Å². The van der Waals surface area contributed by atoms with Crippen molar-refractivity contribution in [2.24, 2.45) is 0 Å². The molecule has 248 valence electrons. The Bertz CT molecular complexity index is 1330. The van der Waals surface area contributed by atoms with Gasteiger partial charge >= 0.3 is 18.5 Å². The third-order valence-electron chi connectivity index (χ3n) is 4.85. The molecule has 0 heterocycles. The SMILES string of the molecule is O=C(/C=C(\O)C(F)(F)F)c1ccccc1.O=C(/C=C(\O)C(F)(F)F)c1ccccc1.O=C(/C=C(\O)C(F)(F)F)c1ccccc1.[Fe]. The first-order valence-corrected chi connectivity index (χ1v) is 11.9. The number of ketones is 3. The van der Waals surface area contributed by atoms with Crippen LogP contribution in [0.25, 0.3) is 0 Å². The van der Waals surface area contributed by atoms with Crippen LogP contribution in [0.2, 0.25) is 0 Å². The van der Waals surface area contributed by atoms with Crippen LogP contribution in [-0.2, 0) is 17.1 Å². The van der Waals surface area contributed by atoms with Crippen LogP contribution in [0.15, 0.2) is 127 Å². The predicted octanol–water partition coefficient (Wildman–Crippen LogP) is 8.62. The molecule has 0 amide bonds. The average Bonchev–Trinajstić information content (AvgIpc) is 2.97. The zero-order valence-corrected chi connectivity index (χ0v) is 23.8. The van der Waals surface area contributed by atoms with Crippen molar-refractivity contribution < 1.29 is 86.3 Å². The first-order valence-electron chi connectivity index (χ1n) is 11.9. The standard InChI is InChI=1S/3C10H7F3O2.Fe/c3*11-10(12,13)9(15)6-8(14)7-4-2-1-3-5-7;/h3*1-6,15H;/b3*9-6-;. The summed E-state index contributed by atoms with van der Waals surface area (Å²) in [6.45, 7) is 0. The largest absolute Gasteiger partial charge is 0.504 e. The normalized spacial score (nSPS) is 12.3. The number of carbonyl (C=O) groups is 3. The van der Waals surface area contributed by atoms with Gasteiger partial charge in [0.2, 0.25) is 17.3 Å². The Labute approximate surface area is 265 Å². The Morgan fingerprint density at radius 3 is 0.739 bits per heavy atom. The van der Waals surface area contributed by atoms with Crippen LogP contribution < -0.4 is 0 Å². The number of carbonyl (C=O) groups excluding carboxylic acids is 3. The number of aliphatic hydroxyl groups excluding tert-OH is 3. The monoisotopic (exact) mass is 704 g/mol. The van der Waals surface area contributed by atoms with E-state index in [1.807, 2.05) is 0 Å². The molecule has 46 heavy (non-hydrogen) atoms. The summed E-state index contributed by atoms with van der Waals surface area (Å²) in [4.78, 5) is 33.5. The summed E-state index contributed by atoms with van der Waals surface area (Å²) >= 11 is 0. The predicted molar refractivity (Wildman–Crippen MR) is 143 cm³/mol. The molecule has 0 bridgehead atoms. The van der Waals surface area contributed by atoms with E-state index in [9.17, 15) is 53.9 Å². The molecule has 0 aliphatic carbocycles. The third-order valence-corrected chi connectivity index (χ3v) is 4.85. The van der Waals surface area contributed by atoms with Gasteiger partial charge in [0.25, 0.3) is 0 Å². The van der Waals surface area contributed by atoms with Gasteiger partial charge in [0.1, 0.15) is 0 Å². The van der Waals surface area contributed by atoms with Crippen LogP contribution in [0.5, 0.6) is 0 Å². The molecule has 0 unspecified atom stereocenters. The summed E-state index contributed by atoms with van der Waals surface area (Å²) in [5.74, 6) is -8.33. The molecule has 0 saturated carbocycles. The van der Waals surface area contributed by atoms with Crippen molar-refractivity contribution in [2.75, 3.05) is 0 Å². The van der Waals surface area contributed by atoms with Crippen molar-refractivity contribution in [3.63, 3.8) is 0 Å². The first-order chi connectivity index (χ1) is 20.7. The number of aliphatic hydroxyl groups is 3. The molecule has 6 nitrogen and oxygen atoms in total. The number of rotatable bonds is 6. The smallest absolute Gasteiger partial charge is 0.448 e. The summed E-state index contributed by atoms with van der Waals surface area (Å²) in [6, 6.07) is 22.2. The van der Waals surface area contributed by atoms with Crippen molar-refractivity contribution in [3.8, 4) is 0 Å². The van der Waals surface area contributed by atoms with Crippen LogP contribution in [0.3, 0.4) is 0 Å². The van der Waals surface area contributed by atoms with Gasteiger partial charge in [0.05, 0.1) is 0 Å². The molecular weight excluding hydrogens is 683 g/mol. The molecule has 16 heteroatoms. The van der Waals surface area contributed by atoms with E-state index < -0.39 is 53.2 Å². The van der Waals surface area contributed by atoms with Crippen molar-refractivity contribution in [1.82, 2.24) is 0 Å². The van der Waals surface area contributed by atoms with Crippen molar-refractivity contribution in [3.05, 3.63) is 143 Å². The Morgan fingerprint density at radius 2 is 0.587 bits per heavy atom. The molecule has 0 saturated heterocycles. The van der Waals surface area contributed by atoms with Crippen LogP contribution >= 0.6 is 0 Å². The van der Waals surface area contributed by atoms with Crippen molar-refractivity contribution >= 4 is 17.3 Å². The van der Waals surface area contributed by atoms with Gasteiger partial charge in [-0.2, -0.15) is 39.5 Å². The van der Waals surface area contributed by atoms with Gasteiger partial charge < -0.3 is 15.3 Å². The van der Waals surface area contributed by atoms with E-state index in [1.165, 1.54) is 72.8 Å². The molecule has 0 aliphatic rings. The van der Waals surface area contributed by atoms with E-state index in [2.05, 4.69) is 0 Å². The van der Waals surface area contributed by atoms with Gasteiger partial charge in [-0.1, -0.05) is 91.0 Å². The minimum absolute atomic E-state index is 0. The third kappa shape index (κ3) is 15.3. The van der Waals surface area contributed by atoms with Gasteiger partial charge in [-0.3, -0.25) is 14.4 Å². The fraction of sp³-hybridized carbons (Fsp3) is 0.100. The molecule has 3 rings (SSSR count). The second kappa shape index (κ2) is 18.2. The molecule has 0 fully saturated rings. The van der Waals surface area contributed by atoms with Crippen LogP contribution in [0.4, 0.5) is 39.5 Å². The Kier molecular flexibility index (Phi) is 16.3. The van der Waals surface area contributed by atoms with Gasteiger partial charge in [-0.15, -0.1) is 0 Å². The summed E-state index contributed by atoms with van der Waals surface area (Å²) in [5, 5.41) is 25.6. The van der Waals surface area contributed by atoms with E-state index in [-0.39, 0.29) is 52.0 Å². The van der Waals surface area contributed by atoms with Crippen molar-refractivity contribution in [2.45, 2.75) is 18.5 Å². The maximum Gasteiger partial charge on any atom is 0.448 e. The second-order valence-corrected chi connectivity index (χ2v) is 8.27. The van der Waals surface area contributed by atoms with Gasteiger partial charge in [0, 0.05) is 52.0 Å². The molecule has 3 aromatic carbocycles. The van der Waals surface area contributed by atoms with E-state index >= 15 is 0 Å². The van der Waals surface area contributed by atoms with Gasteiger partial charge in [-0.05, 0) is 0 Å². The number of benzene rings is 3. The molecule has 0 aromatic heterocycles.